The molecule has 0 bridgehead atoms. The first-order chi connectivity index (χ1) is 12.4. The van der Waals surface area contributed by atoms with Gasteiger partial charge in [-0.3, -0.25) is 9.79 Å². The van der Waals surface area contributed by atoms with E-state index in [1.165, 1.54) is 12.2 Å². The third-order valence-corrected chi connectivity index (χ3v) is 5.17. The molecule has 0 fully saturated rings. The fraction of sp³-hybridized carbons (Fsp3) is 0.300. The number of carbonyl (C=O) groups is 1. The molecule has 0 saturated heterocycles. The zero-order valence-corrected chi connectivity index (χ0v) is 15.9. The first kappa shape index (κ1) is 20.0. The molecule has 1 aromatic rings. The van der Waals surface area contributed by atoms with Gasteiger partial charge in [-0.25, -0.2) is 4.39 Å². The van der Waals surface area contributed by atoms with Gasteiger partial charge in [0.15, 0.2) is 5.17 Å². The van der Waals surface area contributed by atoms with E-state index in [1.54, 1.807) is 18.7 Å². The Labute approximate surface area is 158 Å². The maximum Gasteiger partial charge on any atom is 0.251 e. The van der Waals surface area contributed by atoms with Crippen LogP contribution in [0.3, 0.4) is 0 Å². The van der Waals surface area contributed by atoms with E-state index in [1.807, 2.05) is 24.3 Å². The van der Waals surface area contributed by atoms with Crippen LogP contribution in [0.2, 0.25) is 0 Å². The predicted octanol–water partition coefficient (Wildman–Crippen LogP) is 4.67. The van der Waals surface area contributed by atoms with Crippen LogP contribution in [0.5, 0.6) is 0 Å². The number of nitrogens with zero attached hydrogens (tertiary/aromatic N) is 1. The molecule has 1 unspecified atom stereocenters. The molecule has 0 spiro atoms. The van der Waals surface area contributed by atoms with E-state index in [0.29, 0.717) is 16.4 Å². The van der Waals surface area contributed by atoms with E-state index < -0.39 is 5.83 Å². The topological polar surface area (TPSA) is 67.5 Å². The molecule has 4 nitrogen and oxygen atoms in total. The van der Waals surface area contributed by atoms with Gasteiger partial charge in [0.1, 0.15) is 5.83 Å². The molecule has 1 atom stereocenters. The number of allylic oxidation sites excluding steroid dienone is 4. The van der Waals surface area contributed by atoms with E-state index in [2.05, 4.69) is 18.8 Å². The van der Waals surface area contributed by atoms with Gasteiger partial charge in [-0.15, -0.1) is 0 Å². The Kier molecular flexibility index (Phi) is 6.80. The molecule has 26 heavy (non-hydrogen) atoms. The molecule has 1 aliphatic rings. The van der Waals surface area contributed by atoms with Crippen molar-refractivity contribution in [2.75, 3.05) is 11.1 Å². The first-order valence-electron chi connectivity index (χ1n) is 8.46. The molecule has 0 radical (unpaired) electrons. The van der Waals surface area contributed by atoms with Crippen LogP contribution in [0.1, 0.15) is 32.3 Å². The lowest BCUT2D eigenvalue weighted by Crippen LogP contribution is -2.31. The number of anilines is 1. The fourth-order valence-electron chi connectivity index (χ4n) is 2.76. The number of nitrogens with two attached hydrogens (primary N) is 1. The summed E-state index contributed by atoms with van der Waals surface area (Å²) in [5.41, 5.74) is 7.69. The highest BCUT2D eigenvalue weighted by atomic mass is 32.2. The van der Waals surface area contributed by atoms with Crippen LogP contribution >= 0.6 is 11.8 Å². The smallest absolute Gasteiger partial charge is 0.251 e. The summed E-state index contributed by atoms with van der Waals surface area (Å²) < 4.78 is 13.1. The maximum absolute atomic E-state index is 13.1. The standard InChI is InChI=1S/C20H24FN3OS/c1-4-16(21)10-9-14(3)18(25)23-17-8-6-7-15(13-17)20(5-2)11-12-26-19(22)24-20/h4,6-10,13H,1,5,11-12H2,2-3H3,(H2,22,24)(H,23,25)/b14-9+,16-10+. The monoisotopic (exact) mass is 373 g/mol. The van der Waals surface area contributed by atoms with Crippen LogP contribution in [0, 0.1) is 0 Å². The minimum Gasteiger partial charge on any atom is -0.379 e. The predicted molar refractivity (Wildman–Crippen MR) is 109 cm³/mol. The average molecular weight is 373 g/mol. The second kappa shape index (κ2) is 8.85. The normalized spacial score (nSPS) is 21.1. The van der Waals surface area contributed by atoms with Crippen LogP contribution in [0.4, 0.5) is 10.1 Å². The number of amidine groups is 1. The molecule has 0 saturated carbocycles. The zero-order valence-electron chi connectivity index (χ0n) is 15.1. The second-order valence-electron chi connectivity index (χ2n) is 6.07. The zero-order chi connectivity index (χ0) is 19.2. The summed E-state index contributed by atoms with van der Waals surface area (Å²) >= 11 is 1.57. The van der Waals surface area contributed by atoms with Gasteiger partial charge < -0.3 is 11.1 Å². The molecule has 6 heteroatoms. The molecule has 1 heterocycles. The number of rotatable bonds is 6. The number of nitrogens with one attached hydrogen (secondary N) is 1. The number of amides is 1. The number of thioether (sulfide) groups is 1. The van der Waals surface area contributed by atoms with Crippen molar-refractivity contribution in [3.63, 3.8) is 0 Å². The van der Waals surface area contributed by atoms with Crippen molar-refractivity contribution in [2.45, 2.75) is 32.2 Å². The summed E-state index contributed by atoms with van der Waals surface area (Å²) in [5, 5.41) is 3.45. The largest absolute Gasteiger partial charge is 0.379 e. The van der Waals surface area contributed by atoms with Crippen molar-refractivity contribution < 1.29 is 9.18 Å². The van der Waals surface area contributed by atoms with E-state index in [0.717, 1.165) is 30.2 Å². The van der Waals surface area contributed by atoms with Crippen molar-refractivity contribution in [1.82, 2.24) is 0 Å². The molecule has 2 rings (SSSR count). The summed E-state index contributed by atoms with van der Waals surface area (Å²) in [5.74, 6) is 0.140. The number of carbonyl (C=O) groups excluding carboxylic acids is 1. The minimum absolute atomic E-state index is 0.289. The average Bonchev–Trinajstić information content (AvgIpc) is 2.65. The highest BCUT2D eigenvalue weighted by Gasteiger charge is 2.32. The number of hydrogen-bond acceptors (Lipinski definition) is 4. The number of aliphatic imine (C=N–C) groups is 1. The van der Waals surface area contributed by atoms with Crippen LogP contribution in [0.25, 0.3) is 0 Å². The van der Waals surface area contributed by atoms with E-state index in [4.69, 9.17) is 10.7 Å². The van der Waals surface area contributed by atoms with Crippen LogP contribution in [-0.2, 0) is 10.3 Å². The van der Waals surface area contributed by atoms with Crippen molar-refractivity contribution in [1.29, 1.82) is 0 Å². The highest BCUT2D eigenvalue weighted by molar-refractivity contribution is 8.13. The molecule has 0 aromatic heterocycles. The summed E-state index contributed by atoms with van der Waals surface area (Å²) in [6.45, 7) is 7.05. The highest BCUT2D eigenvalue weighted by Crippen LogP contribution is 2.39. The third-order valence-electron chi connectivity index (χ3n) is 4.38. The molecule has 1 amide bonds. The Morgan fingerprint density at radius 1 is 1.50 bits per heavy atom. The molecular weight excluding hydrogens is 349 g/mol. The Morgan fingerprint density at radius 3 is 2.92 bits per heavy atom. The Bertz CT molecular complexity index is 785. The number of halogens is 1. The fourth-order valence-corrected chi connectivity index (χ4v) is 3.65. The summed E-state index contributed by atoms with van der Waals surface area (Å²) in [6, 6.07) is 7.66. The van der Waals surface area contributed by atoms with Gasteiger partial charge in [0.05, 0.1) is 5.54 Å². The van der Waals surface area contributed by atoms with Crippen molar-refractivity contribution >= 4 is 28.5 Å². The van der Waals surface area contributed by atoms with Crippen LogP contribution in [-0.4, -0.2) is 16.8 Å². The van der Waals surface area contributed by atoms with Gasteiger partial charge in [-0.1, -0.05) is 43.5 Å². The number of benzene rings is 1. The molecule has 1 aromatic carbocycles. The van der Waals surface area contributed by atoms with Crippen molar-refractivity contribution in [2.24, 2.45) is 10.7 Å². The van der Waals surface area contributed by atoms with Gasteiger partial charge in [0, 0.05) is 17.0 Å². The van der Waals surface area contributed by atoms with Gasteiger partial charge in [0.2, 0.25) is 0 Å². The van der Waals surface area contributed by atoms with Gasteiger partial charge in [-0.05, 0) is 49.6 Å². The van der Waals surface area contributed by atoms with Gasteiger partial charge in [0.25, 0.3) is 5.91 Å². The lowest BCUT2D eigenvalue weighted by Gasteiger charge is -2.33. The Balaban J connectivity index is 2.23. The summed E-state index contributed by atoms with van der Waals surface area (Å²) in [7, 11) is 0. The maximum atomic E-state index is 13.1. The SMILES string of the molecule is C=C/C(F)=C\C=C(/C)C(=O)Nc1cccc(C2(CC)CCSC(N)=N2)c1. The molecule has 138 valence electrons. The van der Waals surface area contributed by atoms with Crippen molar-refractivity contribution in [3.05, 3.63) is 66.0 Å². The Hall–Kier alpha value is -2.34. The van der Waals surface area contributed by atoms with E-state index in [-0.39, 0.29) is 11.4 Å². The van der Waals surface area contributed by atoms with Crippen LogP contribution < -0.4 is 11.1 Å². The van der Waals surface area contributed by atoms with Gasteiger partial charge in [-0.2, -0.15) is 0 Å². The minimum atomic E-state index is -0.491. The molecule has 3 N–H and O–H groups in total. The van der Waals surface area contributed by atoms with Gasteiger partial charge >= 0.3 is 0 Å². The summed E-state index contributed by atoms with van der Waals surface area (Å²) in [6.07, 6.45) is 5.45. The molecule has 0 aliphatic carbocycles. The third kappa shape index (κ3) is 4.85. The quantitative estimate of drug-likeness (QED) is 0.562. The second-order valence-corrected chi connectivity index (χ2v) is 7.19. The van der Waals surface area contributed by atoms with Crippen molar-refractivity contribution in [3.8, 4) is 0 Å². The van der Waals surface area contributed by atoms with Crippen LogP contribution in [0.15, 0.2) is 65.5 Å². The first-order valence-corrected chi connectivity index (χ1v) is 9.45. The van der Waals surface area contributed by atoms with E-state index in [9.17, 15) is 9.18 Å². The molecule has 1 aliphatic heterocycles. The lowest BCUT2D eigenvalue weighted by atomic mass is 9.85. The molecular formula is C20H24FN3OS. The summed E-state index contributed by atoms with van der Waals surface area (Å²) in [4.78, 5) is 17.0. The Morgan fingerprint density at radius 2 is 2.27 bits per heavy atom. The van der Waals surface area contributed by atoms with E-state index >= 15 is 0 Å². The number of hydrogen-bond donors (Lipinski definition) is 2. The lowest BCUT2D eigenvalue weighted by molar-refractivity contribution is -0.112.